The molecule has 7 nitrogen and oxygen atoms in total. The second-order valence-corrected chi connectivity index (χ2v) is 6.22. The summed E-state index contributed by atoms with van der Waals surface area (Å²) in [5, 5.41) is 10.3. The van der Waals surface area contributed by atoms with E-state index >= 15 is 0 Å². The van der Waals surface area contributed by atoms with Gasteiger partial charge in [0.1, 0.15) is 0 Å². The summed E-state index contributed by atoms with van der Waals surface area (Å²) >= 11 is 6.09. The maximum atomic E-state index is 12.2. The molecule has 0 spiro atoms. The third kappa shape index (κ3) is 4.89. The summed E-state index contributed by atoms with van der Waals surface area (Å²) in [7, 11) is 0. The highest BCUT2D eigenvalue weighted by molar-refractivity contribution is 6.31. The van der Waals surface area contributed by atoms with Crippen molar-refractivity contribution in [1.29, 1.82) is 0 Å². The van der Waals surface area contributed by atoms with Crippen molar-refractivity contribution in [3.8, 4) is 5.69 Å². The van der Waals surface area contributed by atoms with Crippen LogP contribution in [0.5, 0.6) is 0 Å². The van der Waals surface area contributed by atoms with Crippen molar-refractivity contribution in [3.63, 3.8) is 0 Å². The highest BCUT2D eigenvalue weighted by Gasteiger charge is 2.11. The minimum absolute atomic E-state index is 0.220. The average molecular weight is 399 g/mol. The van der Waals surface area contributed by atoms with Crippen molar-refractivity contribution in [2.75, 3.05) is 11.9 Å². The standard InChI is InChI=1S/C20H19ClN4O3/c1-2-28-19(26)18-10-11-25(24-18)16-8-5-7-15(12-16)23-20(27)22-13-14-6-3-4-9-17(14)21/h3-12H,2,13H2,1H3,(H2,22,23,27). The van der Waals surface area contributed by atoms with E-state index in [9.17, 15) is 9.59 Å². The van der Waals surface area contributed by atoms with Gasteiger partial charge >= 0.3 is 12.0 Å². The van der Waals surface area contributed by atoms with Crippen LogP contribution in [-0.4, -0.2) is 28.4 Å². The van der Waals surface area contributed by atoms with Crippen molar-refractivity contribution in [3.05, 3.63) is 77.1 Å². The quantitative estimate of drug-likeness (QED) is 0.614. The minimum atomic E-state index is -0.477. The first-order chi connectivity index (χ1) is 13.6. The predicted molar refractivity (Wildman–Crippen MR) is 107 cm³/mol. The molecule has 0 aliphatic carbocycles. The van der Waals surface area contributed by atoms with E-state index in [0.717, 1.165) is 5.56 Å². The number of benzene rings is 2. The molecule has 144 valence electrons. The summed E-state index contributed by atoms with van der Waals surface area (Å²) in [6, 6.07) is 15.6. The van der Waals surface area contributed by atoms with Crippen LogP contribution in [0.15, 0.2) is 60.8 Å². The summed E-state index contributed by atoms with van der Waals surface area (Å²) in [5.74, 6) is -0.477. The Morgan fingerprint density at radius 3 is 2.75 bits per heavy atom. The third-order valence-corrected chi connectivity index (χ3v) is 4.21. The van der Waals surface area contributed by atoms with E-state index in [-0.39, 0.29) is 18.3 Å². The number of urea groups is 1. The SMILES string of the molecule is CCOC(=O)c1ccn(-c2cccc(NC(=O)NCc3ccccc3Cl)c2)n1. The molecule has 0 radical (unpaired) electrons. The molecular weight excluding hydrogens is 380 g/mol. The highest BCUT2D eigenvalue weighted by Crippen LogP contribution is 2.16. The second kappa shape index (κ2) is 9.05. The number of hydrogen-bond acceptors (Lipinski definition) is 4. The summed E-state index contributed by atoms with van der Waals surface area (Å²) in [4.78, 5) is 23.9. The van der Waals surface area contributed by atoms with Crippen LogP contribution in [0, 0.1) is 0 Å². The van der Waals surface area contributed by atoms with Crippen LogP contribution >= 0.6 is 11.6 Å². The lowest BCUT2D eigenvalue weighted by atomic mass is 10.2. The molecule has 0 unspecified atom stereocenters. The van der Waals surface area contributed by atoms with E-state index in [1.54, 1.807) is 48.1 Å². The van der Waals surface area contributed by atoms with Gasteiger partial charge in [0, 0.05) is 23.5 Å². The predicted octanol–water partition coefficient (Wildman–Crippen LogP) is 4.02. The summed E-state index contributed by atoms with van der Waals surface area (Å²) in [6.45, 7) is 2.34. The normalized spacial score (nSPS) is 10.4. The first-order valence-electron chi connectivity index (χ1n) is 8.68. The van der Waals surface area contributed by atoms with Gasteiger partial charge in [-0.15, -0.1) is 0 Å². The number of rotatable bonds is 6. The fourth-order valence-corrected chi connectivity index (χ4v) is 2.70. The zero-order valence-corrected chi connectivity index (χ0v) is 15.9. The van der Waals surface area contributed by atoms with Gasteiger partial charge in [0.25, 0.3) is 0 Å². The molecule has 1 aromatic heterocycles. The average Bonchev–Trinajstić information content (AvgIpc) is 3.18. The van der Waals surface area contributed by atoms with Crippen LogP contribution in [0.1, 0.15) is 23.0 Å². The van der Waals surface area contributed by atoms with Gasteiger partial charge in [-0.3, -0.25) is 0 Å². The monoisotopic (exact) mass is 398 g/mol. The Bertz CT molecular complexity index is 987. The highest BCUT2D eigenvalue weighted by atomic mass is 35.5. The fraction of sp³-hybridized carbons (Fsp3) is 0.150. The number of amides is 2. The van der Waals surface area contributed by atoms with Crippen LogP contribution in [0.3, 0.4) is 0 Å². The van der Waals surface area contributed by atoms with Crippen LogP contribution in [0.2, 0.25) is 5.02 Å². The molecule has 0 atom stereocenters. The Morgan fingerprint density at radius 2 is 1.96 bits per heavy atom. The molecule has 2 amide bonds. The summed E-state index contributed by atoms with van der Waals surface area (Å²) in [5.41, 5.74) is 2.33. The second-order valence-electron chi connectivity index (χ2n) is 5.82. The molecule has 3 aromatic rings. The summed E-state index contributed by atoms with van der Waals surface area (Å²) in [6.07, 6.45) is 1.66. The molecule has 2 N–H and O–H groups in total. The van der Waals surface area contributed by atoms with E-state index in [1.807, 2.05) is 24.3 Å². The van der Waals surface area contributed by atoms with Gasteiger partial charge < -0.3 is 15.4 Å². The number of ether oxygens (including phenoxy) is 1. The first-order valence-corrected chi connectivity index (χ1v) is 9.06. The lowest BCUT2D eigenvalue weighted by Gasteiger charge is -2.10. The topological polar surface area (TPSA) is 85.2 Å². The van der Waals surface area contributed by atoms with Crippen molar-refractivity contribution >= 4 is 29.3 Å². The summed E-state index contributed by atoms with van der Waals surface area (Å²) < 4.78 is 6.48. The molecule has 0 aliphatic heterocycles. The molecule has 8 heteroatoms. The zero-order valence-electron chi connectivity index (χ0n) is 15.2. The van der Waals surface area contributed by atoms with Crippen LogP contribution in [0.25, 0.3) is 5.69 Å². The lowest BCUT2D eigenvalue weighted by molar-refractivity contribution is 0.0519. The number of nitrogens with one attached hydrogen (secondary N) is 2. The lowest BCUT2D eigenvalue weighted by Crippen LogP contribution is -2.28. The van der Waals surface area contributed by atoms with Gasteiger partial charge in [0.15, 0.2) is 5.69 Å². The Labute approximate surface area is 167 Å². The number of aromatic nitrogens is 2. The van der Waals surface area contributed by atoms with Gasteiger partial charge in [-0.05, 0) is 42.8 Å². The first kappa shape index (κ1) is 19.4. The Morgan fingerprint density at radius 1 is 1.14 bits per heavy atom. The van der Waals surface area contributed by atoms with E-state index in [1.165, 1.54) is 0 Å². The molecular formula is C20H19ClN4O3. The number of hydrogen-bond donors (Lipinski definition) is 2. The van der Waals surface area contributed by atoms with Crippen LogP contribution in [0.4, 0.5) is 10.5 Å². The Hall–Kier alpha value is -3.32. The van der Waals surface area contributed by atoms with E-state index in [0.29, 0.717) is 22.9 Å². The smallest absolute Gasteiger partial charge is 0.358 e. The van der Waals surface area contributed by atoms with Gasteiger partial charge in [-0.25, -0.2) is 14.3 Å². The van der Waals surface area contributed by atoms with E-state index in [4.69, 9.17) is 16.3 Å². The van der Waals surface area contributed by atoms with Gasteiger partial charge in [0.2, 0.25) is 0 Å². The van der Waals surface area contributed by atoms with Gasteiger partial charge in [-0.1, -0.05) is 35.9 Å². The number of carbonyl (C=O) groups is 2. The molecule has 0 bridgehead atoms. The number of halogens is 1. The largest absolute Gasteiger partial charge is 0.461 e. The van der Waals surface area contributed by atoms with Crippen molar-refractivity contribution in [2.45, 2.75) is 13.5 Å². The number of carbonyl (C=O) groups excluding carboxylic acids is 2. The molecule has 28 heavy (non-hydrogen) atoms. The van der Waals surface area contributed by atoms with Crippen LogP contribution in [-0.2, 0) is 11.3 Å². The zero-order chi connectivity index (χ0) is 19.9. The molecule has 2 aromatic carbocycles. The Balaban J connectivity index is 1.64. The number of esters is 1. The Kier molecular flexibility index (Phi) is 6.29. The molecule has 0 aliphatic rings. The van der Waals surface area contributed by atoms with E-state index < -0.39 is 5.97 Å². The minimum Gasteiger partial charge on any atom is -0.461 e. The van der Waals surface area contributed by atoms with Crippen LogP contribution < -0.4 is 10.6 Å². The number of nitrogens with zero attached hydrogens (tertiary/aromatic N) is 2. The van der Waals surface area contributed by atoms with E-state index in [2.05, 4.69) is 15.7 Å². The van der Waals surface area contributed by atoms with Crippen molar-refractivity contribution in [1.82, 2.24) is 15.1 Å². The third-order valence-electron chi connectivity index (χ3n) is 3.84. The molecule has 1 heterocycles. The van der Waals surface area contributed by atoms with Gasteiger partial charge in [-0.2, -0.15) is 5.10 Å². The van der Waals surface area contributed by atoms with Gasteiger partial charge in [0.05, 0.1) is 12.3 Å². The maximum absolute atomic E-state index is 12.2. The molecule has 0 saturated heterocycles. The molecule has 0 saturated carbocycles. The number of anilines is 1. The van der Waals surface area contributed by atoms with Crippen molar-refractivity contribution in [2.24, 2.45) is 0 Å². The molecule has 0 fully saturated rings. The fourth-order valence-electron chi connectivity index (χ4n) is 2.50. The maximum Gasteiger partial charge on any atom is 0.358 e. The molecule has 3 rings (SSSR count). The van der Waals surface area contributed by atoms with Crippen molar-refractivity contribution < 1.29 is 14.3 Å².